The molecule has 0 amide bonds. The highest BCUT2D eigenvalue weighted by molar-refractivity contribution is 7.14. The molecule has 152 valence electrons. The van der Waals surface area contributed by atoms with Crippen LogP contribution in [0, 0.1) is 0 Å². The zero-order valence-electron chi connectivity index (χ0n) is 16.6. The number of phenols is 1. The predicted octanol–water partition coefficient (Wildman–Crippen LogP) is 5.37. The van der Waals surface area contributed by atoms with Crippen molar-refractivity contribution in [2.75, 3.05) is 7.11 Å². The van der Waals surface area contributed by atoms with Crippen LogP contribution in [-0.4, -0.2) is 22.6 Å². The molecule has 2 aromatic heterocycles. The van der Waals surface area contributed by atoms with Gasteiger partial charge in [-0.3, -0.25) is 4.99 Å². The fraction of sp³-hybridized carbons (Fsp3) is 0.130. The Morgan fingerprint density at radius 2 is 1.90 bits per heavy atom. The number of methoxy groups -OCH3 is 1. The van der Waals surface area contributed by atoms with Crippen molar-refractivity contribution in [3.8, 4) is 22.1 Å². The minimum atomic E-state index is 0.131. The van der Waals surface area contributed by atoms with Gasteiger partial charge < -0.3 is 9.84 Å². The van der Waals surface area contributed by atoms with Gasteiger partial charge in [-0.1, -0.05) is 36.4 Å². The third-order valence-electron chi connectivity index (χ3n) is 4.54. The third kappa shape index (κ3) is 4.37. The van der Waals surface area contributed by atoms with Crippen molar-refractivity contribution in [2.24, 2.45) is 10.1 Å². The van der Waals surface area contributed by atoms with Crippen LogP contribution in [0.15, 0.2) is 81.5 Å². The van der Waals surface area contributed by atoms with Gasteiger partial charge in [0.25, 0.3) is 0 Å². The van der Waals surface area contributed by atoms with E-state index in [9.17, 15) is 5.11 Å². The molecule has 0 spiro atoms. The topological polar surface area (TPSA) is 59.1 Å². The number of thiophene rings is 1. The molecule has 4 aromatic rings. The molecule has 30 heavy (non-hydrogen) atoms. The average molecular weight is 436 g/mol. The van der Waals surface area contributed by atoms with Gasteiger partial charge in [-0.2, -0.15) is 5.10 Å². The Bertz CT molecular complexity index is 1220. The van der Waals surface area contributed by atoms with Crippen LogP contribution in [-0.2, 0) is 6.54 Å². The summed E-state index contributed by atoms with van der Waals surface area (Å²) in [5, 5.41) is 19.4. The van der Waals surface area contributed by atoms with Gasteiger partial charge in [0, 0.05) is 17.0 Å². The molecule has 0 aliphatic carbocycles. The predicted molar refractivity (Wildman–Crippen MR) is 124 cm³/mol. The molecule has 4 rings (SSSR count). The Labute approximate surface area is 182 Å². The normalized spacial score (nSPS) is 12.3. The Balaban J connectivity index is 1.78. The minimum Gasteiger partial charge on any atom is -0.507 e. The smallest absolute Gasteiger partial charge is 0.206 e. The number of aromatic hydroxyl groups is 1. The maximum absolute atomic E-state index is 10.4. The van der Waals surface area contributed by atoms with Crippen molar-refractivity contribution in [2.45, 2.75) is 13.5 Å². The number of hydrogen-bond acceptors (Lipinski definition) is 6. The van der Waals surface area contributed by atoms with Gasteiger partial charge in [-0.05, 0) is 36.1 Å². The molecule has 0 saturated carbocycles. The Morgan fingerprint density at radius 3 is 2.60 bits per heavy atom. The molecule has 0 aliphatic heterocycles. The highest BCUT2D eigenvalue weighted by Gasteiger charge is 2.11. The van der Waals surface area contributed by atoms with Crippen molar-refractivity contribution >= 4 is 28.4 Å². The third-order valence-corrected chi connectivity index (χ3v) is 6.29. The van der Waals surface area contributed by atoms with Crippen molar-refractivity contribution in [3.05, 3.63) is 87.4 Å². The molecule has 0 bridgehead atoms. The van der Waals surface area contributed by atoms with E-state index in [2.05, 4.69) is 23.6 Å². The summed E-state index contributed by atoms with van der Waals surface area (Å²) >= 11 is 3.21. The first-order chi connectivity index (χ1) is 14.7. The molecule has 0 saturated heterocycles. The van der Waals surface area contributed by atoms with Gasteiger partial charge in [0.1, 0.15) is 11.5 Å². The van der Waals surface area contributed by atoms with E-state index in [4.69, 9.17) is 14.8 Å². The number of aromatic nitrogens is 1. The first-order valence-corrected chi connectivity index (χ1v) is 11.1. The van der Waals surface area contributed by atoms with E-state index in [1.54, 1.807) is 35.8 Å². The molecule has 0 aliphatic rings. The van der Waals surface area contributed by atoms with Crippen LogP contribution >= 0.6 is 22.7 Å². The van der Waals surface area contributed by atoms with Crippen molar-refractivity contribution in [3.63, 3.8) is 0 Å². The van der Waals surface area contributed by atoms with Gasteiger partial charge in [-0.15, -0.1) is 22.7 Å². The van der Waals surface area contributed by atoms with Gasteiger partial charge >= 0.3 is 0 Å². The van der Waals surface area contributed by atoms with Crippen molar-refractivity contribution in [1.82, 2.24) is 4.68 Å². The van der Waals surface area contributed by atoms with Crippen LogP contribution < -0.4 is 9.54 Å². The zero-order chi connectivity index (χ0) is 20.9. The van der Waals surface area contributed by atoms with E-state index < -0.39 is 0 Å². The molecular weight excluding hydrogens is 414 g/mol. The maximum atomic E-state index is 10.4. The monoisotopic (exact) mass is 435 g/mol. The van der Waals surface area contributed by atoms with Gasteiger partial charge in [0.2, 0.25) is 4.80 Å². The van der Waals surface area contributed by atoms with E-state index in [1.807, 2.05) is 53.4 Å². The van der Waals surface area contributed by atoms with Gasteiger partial charge in [-0.25, -0.2) is 4.68 Å². The van der Waals surface area contributed by atoms with E-state index in [-0.39, 0.29) is 5.75 Å². The molecule has 7 heteroatoms. The van der Waals surface area contributed by atoms with Crippen LogP contribution in [0.2, 0.25) is 0 Å². The second-order valence-corrected chi connectivity index (χ2v) is 8.35. The lowest BCUT2D eigenvalue weighted by molar-refractivity contribution is 0.407. The number of rotatable bonds is 6. The van der Waals surface area contributed by atoms with Crippen LogP contribution in [0.5, 0.6) is 11.5 Å². The summed E-state index contributed by atoms with van der Waals surface area (Å²) in [5.74, 6) is 0.733. The summed E-state index contributed by atoms with van der Waals surface area (Å²) in [6.45, 7) is 2.46. The number of nitrogens with zero attached hydrogens (tertiary/aromatic N) is 3. The van der Waals surface area contributed by atoms with Gasteiger partial charge in [0.05, 0.1) is 29.9 Å². The van der Waals surface area contributed by atoms with Gasteiger partial charge in [0.15, 0.2) is 0 Å². The molecule has 0 unspecified atom stereocenters. The summed E-state index contributed by atoms with van der Waals surface area (Å²) in [4.78, 5) is 6.71. The highest BCUT2D eigenvalue weighted by Crippen LogP contribution is 2.27. The molecule has 0 fully saturated rings. The standard InChI is InChI=1S/C23H21N3O2S2/c1-16(19-11-10-18(28-2)13-21(19)27)25-26-20(22-9-6-12-29-22)15-30-23(26)24-14-17-7-4-3-5-8-17/h3-13,15,27H,14H2,1-2H3. The summed E-state index contributed by atoms with van der Waals surface area (Å²) in [6, 6.07) is 19.5. The van der Waals surface area contributed by atoms with E-state index in [0.717, 1.165) is 20.9 Å². The molecule has 0 radical (unpaired) electrons. The first kappa shape index (κ1) is 20.1. The molecule has 5 nitrogen and oxygen atoms in total. The first-order valence-electron chi connectivity index (χ1n) is 9.37. The second kappa shape index (κ2) is 9.11. The van der Waals surface area contributed by atoms with E-state index in [0.29, 0.717) is 23.6 Å². The number of hydrogen-bond donors (Lipinski definition) is 1. The molecule has 2 aromatic carbocycles. The lowest BCUT2D eigenvalue weighted by Gasteiger charge is -2.08. The van der Waals surface area contributed by atoms with E-state index >= 15 is 0 Å². The fourth-order valence-electron chi connectivity index (χ4n) is 2.99. The highest BCUT2D eigenvalue weighted by atomic mass is 32.1. The molecule has 0 atom stereocenters. The number of thiazole rings is 1. The Kier molecular flexibility index (Phi) is 6.11. The molecular formula is C23H21N3O2S2. The SMILES string of the molecule is COc1ccc(C(C)=Nn2c(-c3cccs3)csc2=NCc2ccccc2)c(O)c1. The number of benzene rings is 2. The lowest BCUT2D eigenvalue weighted by Crippen LogP contribution is -2.14. The lowest BCUT2D eigenvalue weighted by atomic mass is 10.1. The average Bonchev–Trinajstić information content (AvgIpc) is 3.43. The Hall–Kier alpha value is -3.16. The minimum absolute atomic E-state index is 0.131. The summed E-state index contributed by atoms with van der Waals surface area (Å²) < 4.78 is 7.04. The Morgan fingerprint density at radius 1 is 1.07 bits per heavy atom. The number of phenolic OH excluding ortho intramolecular Hbond substituents is 1. The summed E-state index contributed by atoms with van der Waals surface area (Å²) in [7, 11) is 1.57. The van der Waals surface area contributed by atoms with Crippen molar-refractivity contribution < 1.29 is 9.84 Å². The fourth-order valence-corrected chi connectivity index (χ4v) is 4.61. The molecule has 2 heterocycles. The molecule has 1 N–H and O–H groups in total. The number of ether oxygens (including phenoxy) is 1. The quantitative estimate of drug-likeness (QED) is 0.414. The van der Waals surface area contributed by atoms with Crippen LogP contribution in [0.4, 0.5) is 0 Å². The second-order valence-electron chi connectivity index (χ2n) is 6.56. The maximum Gasteiger partial charge on any atom is 0.206 e. The zero-order valence-corrected chi connectivity index (χ0v) is 18.3. The largest absolute Gasteiger partial charge is 0.507 e. The van der Waals surface area contributed by atoms with Crippen LogP contribution in [0.1, 0.15) is 18.1 Å². The van der Waals surface area contributed by atoms with Crippen LogP contribution in [0.3, 0.4) is 0 Å². The van der Waals surface area contributed by atoms with Crippen LogP contribution in [0.25, 0.3) is 10.6 Å². The summed E-state index contributed by atoms with van der Waals surface area (Å²) in [5.41, 5.74) is 3.46. The van der Waals surface area contributed by atoms with E-state index in [1.165, 1.54) is 0 Å². The summed E-state index contributed by atoms with van der Waals surface area (Å²) in [6.07, 6.45) is 0. The van der Waals surface area contributed by atoms with Crippen molar-refractivity contribution in [1.29, 1.82) is 0 Å².